The molecule has 1 aliphatic rings. The average molecular weight is 708 g/mol. The molecular weight excluding hydrogens is 674 g/mol. The molecule has 4 rings (SSSR count). The second kappa shape index (κ2) is 13.4. The fourth-order valence-corrected chi connectivity index (χ4v) is 6.66. The van der Waals surface area contributed by atoms with Gasteiger partial charge in [0.15, 0.2) is 18.5 Å². The van der Waals surface area contributed by atoms with Crippen LogP contribution in [0.5, 0.6) is 0 Å². The van der Waals surface area contributed by atoms with Gasteiger partial charge >= 0.3 is 27.4 Å². The Bertz CT molecular complexity index is 1820. The number of fused-ring (bicyclic) bond motifs is 1. The number of anilines is 1. The van der Waals surface area contributed by atoms with Gasteiger partial charge in [0.1, 0.15) is 12.2 Å². The van der Waals surface area contributed by atoms with Crippen LogP contribution in [0.15, 0.2) is 35.4 Å². The second-order valence-corrected chi connectivity index (χ2v) is 14.2. The van der Waals surface area contributed by atoms with E-state index in [4.69, 9.17) is 39.0 Å². The first-order valence-electron chi connectivity index (χ1n) is 13.5. The number of nitrogens with one attached hydrogen (secondary N) is 1. The first kappa shape index (κ1) is 36.1. The summed E-state index contributed by atoms with van der Waals surface area (Å²) in [5.41, 5.74) is 4.07. The maximum absolute atomic E-state index is 13.4. The van der Waals surface area contributed by atoms with Crippen molar-refractivity contribution in [3.05, 3.63) is 56.6 Å². The number of para-hydroxylation sites is 1. The van der Waals surface area contributed by atoms with Crippen molar-refractivity contribution >= 4 is 44.6 Å². The van der Waals surface area contributed by atoms with Crippen LogP contribution in [0.4, 0.5) is 16.4 Å². The Morgan fingerprint density at radius 2 is 1.91 bits per heavy atom. The largest absolute Gasteiger partial charge is 0.509 e. The van der Waals surface area contributed by atoms with Crippen LogP contribution in [0.1, 0.15) is 38.7 Å². The topological polar surface area (TPSA) is 291 Å². The minimum atomic E-state index is -5.49. The summed E-state index contributed by atoms with van der Waals surface area (Å²) in [6, 6.07) is 5.63. The number of aromatic nitrogens is 4. The number of nitrogens with two attached hydrogens (primary N) is 1. The fraction of sp³-hybridized carbons (Fsp3) is 0.500. The van der Waals surface area contributed by atoms with Crippen molar-refractivity contribution in [3.63, 3.8) is 0 Å². The van der Waals surface area contributed by atoms with Crippen molar-refractivity contribution < 1.29 is 65.9 Å². The highest BCUT2D eigenvalue weighted by Crippen LogP contribution is 2.57. The minimum absolute atomic E-state index is 0.00513. The zero-order valence-electron chi connectivity index (χ0n) is 25.5. The van der Waals surface area contributed by atoms with Crippen LogP contribution in [0.3, 0.4) is 0 Å². The molecule has 3 aromatic rings. The van der Waals surface area contributed by atoms with E-state index in [0.717, 1.165) is 0 Å². The third-order valence-corrected chi connectivity index (χ3v) is 9.03. The number of rotatable bonds is 11. The molecule has 1 fully saturated rings. The summed E-state index contributed by atoms with van der Waals surface area (Å²) in [5.74, 6) is -0.246. The lowest BCUT2D eigenvalue weighted by Crippen LogP contribution is -2.48. The number of methoxy groups -OCH3 is 1. The highest BCUT2D eigenvalue weighted by molar-refractivity contribution is 7.60. The summed E-state index contributed by atoms with van der Waals surface area (Å²) in [4.78, 5) is 71.4. The molecule has 0 aliphatic carbocycles. The Morgan fingerprint density at radius 1 is 1.26 bits per heavy atom. The first-order valence-corrected chi connectivity index (χ1v) is 16.5. The predicted molar refractivity (Wildman–Crippen MR) is 156 cm³/mol. The Hall–Kier alpha value is -3.78. The molecule has 6 atom stereocenters. The maximum atomic E-state index is 13.4. The van der Waals surface area contributed by atoms with Crippen LogP contribution >= 0.6 is 15.6 Å². The number of carbonyl (C=O) groups is 1. The second-order valence-electron chi connectivity index (χ2n) is 11.4. The number of nitro benzene ring substituents is 1. The van der Waals surface area contributed by atoms with Gasteiger partial charge in [-0.2, -0.15) is 4.31 Å². The van der Waals surface area contributed by atoms with E-state index >= 15 is 0 Å². The molecule has 21 nitrogen and oxygen atoms in total. The molecule has 258 valence electrons. The third-order valence-electron chi connectivity index (χ3n) is 6.88. The van der Waals surface area contributed by atoms with Gasteiger partial charge in [-0.3, -0.25) is 29.0 Å². The number of aromatic amines is 1. The van der Waals surface area contributed by atoms with Crippen molar-refractivity contribution in [1.29, 1.82) is 0 Å². The number of ether oxygens (including phenoxy) is 4. The van der Waals surface area contributed by atoms with Crippen molar-refractivity contribution in [2.45, 2.75) is 51.4 Å². The summed E-state index contributed by atoms with van der Waals surface area (Å²) < 4.78 is 57.5. The lowest BCUT2D eigenvalue weighted by molar-refractivity contribution is -0.746. The number of nitrogens with zero attached hydrogens (tertiary/aromatic N) is 4. The van der Waals surface area contributed by atoms with Crippen LogP contribution in [-0.4, -0.2) is 72.3 Å². The first-order chi connectivity index (χ1) is 21.7. The average Bonchev–Trinajstić information content (AvgIpc) is 3.44. The van der Waals surface area contributed by atoms with Crippen molar-refractivity contribution in [2.24, 2.45) is 12.5 Å². The molecule has 0 bridgehead atoms. The zero-order valence-corrected chi connectivity index (χ0v) is 27.3. The molecule has 0 radical (unpaired) electrons. The monoisotopic (exact) mass is 707 g/mol. The van der Waals surface area contributed by atoms with Gasteiger partial charge in [0, 0.05) is 18.6 Å². The van der Waals surface area contributed by atoms with Crippen molar-refractivity contribution in [2.75, 3.05) is 19.5 Å². The molecule has 47 heavy (non-hydrogen) atoms. The molecular formula is C24H33N6O15P2+. The number of imidazole rings is 1. The van der Waals surface area contributed by atoms with Gasteiger partial charge in [0.2, 0.25) is 11.7 Å². The van der Waals surface area contributed by atoms with Crippen molar-refractivity contribution in [1.82, 2.24) is 14.5 Å². The number of hydrogen-bond acceptors (Lipinski definition) is 14. The van der Waals surface area contributed by atoms with Gasteiger partial charge in [0.25, 0.3) is 17.2 Å². The molecule has 2 aromatic heterocycles. The standard InChI is InChI=1S/C24H32N6O15P2/c1-24(2,3)18(12-8-6-7-9-13(12)30(33)34)44-23(32)43-16-14(10-41-47(38,39)45-46(35,36)37)42-21(17(16)40-5)29-11-28(4)15-19(29)26-22(25)27-20(15)31/h6-9,11,14,16-18,21H,10H2,1-5H3,(H5-,25,26,27,31,35,36,37,38,39)/p+1/t14-,16+,17?,18?,21-/m1/s1. The minimum Gasteiger partial charge on any atom is -0.425 e. The number of carbonyl (C=O) groups excluding carboxylic acids is 1. The smallest absolute Gasteiger partial charge is 0.425 e. The number of nitro groups is 1. The summed E-state index contributed by atoms with van der Waals surface area (Å²) in [6.07, 6.45) is -6.82. The Morgan fingerprint density at radius 3 is 2.51 bits per heavy atom. The molecule has 3 heterocycles. The fourth-order valence-electron chi connectivity index (χ4n) is 5.06. The van der Waals surface area contributed by atoms with Gasteiger partial charge in [-0.05, 0) is 6.07 Å². The number of hydrogen-bond donors (Lipinski definition) is 5. The van der Waals surface area contributed by atoms with Gasteiger partial charge in [-0.1, -0.05) is 37.9 Å². The van der Waals surface area contributed by atoms with E-state index < -0.39 is 74.9 Å². The molecule has 1 aromatic carbocycles. The van der Waals surface area contributed by atoms with Crippen LogP contribution < -0.4 is 15.9 Å². The summed E-state index contributed by atoms with van der Waals surface area (Å²) >= 11 is 0. The maximum Gasteiger partial charge on any atom is 0.509 e. The summed E-state index contributed by atoms with van der Waals surface area (Å²) in [7, 11) is -8.15. The van der Waals surface area contributed by atoms with E-state index in [1.807, 2.05) is 0 Å². The summed E-state index contributed by atoms with van der Waals surface area (Å²) in [6.45, 7) is 4.05. The lowest BCUT2D eigenvalue weighted by atomic mass is 9.84. The van der Waals surface area contributed by atoms with Crippen molar-refractivity contribution in [3.8, 4) is 0 Å². The van der Waals surface area contributed by atoms with Gasteiger partial charge in [-0.15, -0.1) is 0 Å². The van der Waals surface area contributed by atoms with Crippen LogP contribution in [-0.2, 0) is 44.0 Å². The van der Waals surface area contributed by atoms with Crippen LogP contribution in [0, 0.1) is 15.5 Å². The van der Waals surface area contributed by atoms with E-state index in [1.165, 1.54) is 53.9 Å². The third kappa shape index (κ3) is 8.21. The number of aryl methyl sites for hydroxylation is 1. The molecule has 0 amide bonds. The molecule has 0 saturated carbocycles. The normalized spacial score (nSPS) is 22.1. The predicted octanol–water partition coefficient (Wildman–Crippen LogP) is 1.49. The molecule has 3 unspecified atom stereocenters. The Labute approximate surface area is 265 Å². The molecule has 0 spiro atoms. The van der Waals surface area contributed by atoms with Gasteiger partial charge in [-0.25, -0.2) is 18.5 Å². The number of H-pyrrole nitrogens is 1. The van der Waals surface area contributed by atoms with E-state index in [-0.39, 0.29) is 28.4 Å². The molecule has 6 N–H and O–H groups in total. The molecule has 23 heteroatoms. The van der Waals surface area contributed by atoms with Gasteiger partial charge < -0.3 is 39.4 Å². The SMILES string of the molecule is COC1[C@@H](OC(=O)OC(c2ccccc2[N+](=O)[O-])C(C)(C)C)[C@@H](COP(=O)(O)OP(=O)(O)O)O[C@H]1[n+]1cn(C)c2c(=O)[nH]c(N)nc21. The van der Waals surface area contributed by atoms with E-state index in [1.54, 1.807) is 20.8 Å². The van der Waals surface area contributed by atoms with E-state index in [0.29, 0.717) is 0 Å². The number of nitrogen functional groups attached to an aromatic ring is 1. The zero-order chi connectivity index (χ0) is 35.1. The lowest BCUT2D eigenvalue weighted by Gasteiger charge is -2.31. The Kier molecular flexibility index (Phi) is 10.3. The van der Waals surface area contributed by atoms with E-state index in [2.05, 4.69) is 14.3 Å². The van der Waals surface area contributed by atoms with Crippen LogP contribution in [0.2, 0.25) is 0 Å². The number of phosphoric acid groups is 2. The van der Waals surface area contributed by atoms with E-state index in [9.17, 15) is 33.7 Å². The quantitative estimate of drug-likeness (QED) is 0.0620. The Balaban J connectivity index is 1.71. The molecule has 1 aliphatic heterocycles. The summed E-state index contributed by atoms with van der Waals surface area (Å²) in [5, 5.41) is 11.7. The number of benzene rings is 1. The highest BCUT2D eigenvalue weighted by Gasteiger charge is 2.53. The number of phosphoric ester groups is 1. The highest BCUT2D eigenvalue weighted by atomic mass is 31.3. The van der Waals surface area contributed by atoms with Crippen LogP contribution in [0.25, 0.3) is 11.2 Å². The molecule has 1 saturated heterocycles. The van der Waals surface area contributed by atoms with Gasteiger partial charge in [0.05, 0.1) is 24.1 Å².